The van der Waals surface area contributed by atoms with E-state index in [4.69, 9.17) is 4.74 Å². The van der Waals surface area contributed by atoms with Crippen LogP contribution in [0.5, 0.6) is 5.75 Å². The Morgan fingerprint density at radius 1 is 1.17 bits per heavy atom. The highest BCUT2D eigenvalue weighted by Gasteiger charge is 2.14. The summed E-state index contributed by atoms with van der Waals surface area (Å²) >= 11 is 0. The smallest absolute Gasteiger partial charge is 0.240 e. The molecule has 1 amide bonds. The molecule has 0 aliphatic rings. The summed E-state index contributed by atoms with van der Waals surface area (Å²) in [5, 5.41) is 6.98. The summed E-state index contributed by atoms with van der Waals surface area (Å²) < 4.78 is 34.2. The molecule has 2 rings (SSSR count). The Hall–Kier alpha value is -2.43. The zero-order valence-electron chi connectivity index (χ0n) is 17.8. The van der Waals surface area contributed by atoms with Crippen LogP contribution < -0.4 is 14.8 Å². The Kier molecular flexibility index (Phi) is 9.28. The minimum atomic E-state index is -3.68. The number of sulfonamides is 1. The lowest BCUT2D eigenvalue weighted by Gasteiger charge is -2.17. The summed E-state index contributed by atoms with van der Waals surface area (Å²) in [7, 11) is -3.68. The SMILES string of the molecule is CCOc1ccc(S(=O)(=O)NCCC(=O)Nc2cnn(CCN(CC)CC)c2)cc1. The first kappa shape index (κ1) is 23.8. The fraction of sp³-hybridized carbons (Fsp3) is 0.500. The molecule has 0 bridgehead atoms. The van der Waals surface area contributed by atoms with E-state index in [0.717, 1.165) is 26.2 Å². The van der Waals surface area contributed by atoms with Gasteiger partial charge in [0.2, 0.25) is 15.9 Å². The normalized spacial score (nSPS) is 11.6. The van der Waals surface area contributed by atoms with E-state index in [9.17, 15) is 13.2 Å². The molecular formula is C20H31N5O4S. The van der Waals surface area contributed by atoms with E-state index in [2.05, 4.69) is 33.9 Å². The van der Waals surface area contributed by atoms with E-state index in [1.54, 1.807) is 29.2 Å². The lowest BCUT2D eigenvalue weighted by molar-refractivity contribution is -0.116. The summed E-state index contributed by atoms with van der Waals surface area (Å²) in [5.41, 5.74) is 0.592. The standard InChI is InChI=1S/C20H31N5O4S/c1-4-24(5-2)13-14-25-16-17(15-21-25)23-20(26)11-12-22-30(27,28)19-9-7-18(8-10-19)29-6-3/h7-10,15-16,22H,4-6,11-14H2,1-3H3,(H,23,26). The number of hydrogen-bond acceptors (Lipinski definition) is 6. The molecule has 0 unspecified atom stereocenters. The largest absolute Gasteiger partial charge is 0.494 e. The van der Waals surface area contributed by atoms with Crippen LogP contribution in [0.1, 0.15) is 27.2 Å². The number of anilines is 1. The molecule has 10 heteroatoms. The van der Waals surface area contributed by atoms with E-state index in [-0.39, 0.29) is 23.8 Å². The van der Waals surface area contributed by atoms with Gasteiger partial charge in [-0.3, -0.25) is 9.48 Å². The van der Waals surface area contributed by atoms with E-state index < -0.39 is 10.0 Å². The van der Waals surface area contributed by atoms with Crippen molar-refractivity contribution in [3.63, 3.8) is 0 Å². The molecule has 1 heterocycles. The van der Waals surface area contributed by atoms with E-state index in [1.807, 2.05) is 6.92 Å². The maximum Gasteiger partial charge on any atom is 0.240 e. The number of amides is 1. The van der Waals surface area contributed by atoms with Gasteiger partial charge in [-0.2, -0.15) is 5.10 Å². The van der Waals surface area contributed by atoms with Gasteiger partial charge in [0.25, 0.3) is 0 Å². The lowest BCUT2D eigenvalue weighted by Crippen LogP contribution is -2.27. The van der Waals surface area contributed by atoms with Crippen LogP contribution in [0.3, 0.4) is 0 Å². The van der Waals surface area contributed by atoms with Crippen molar-refractivity contribution in [3.8, 4) is 5.75 Å². The van der Waals surface area contributed by atoms with Gasteiger partial charge in [0.05, 0.1) is 29.9 Å². The second kappa shape index (κ2) is 11.7. The first-order valence-corrected chi connectivity index (χ1v) is 11.6. The van der Waals surface area contributed by atoms with Crippen LogP contribution in [-0.4, -0.2) is 61.8 Å². The Labute approximate surface area is 178 Å². The highest BCUT2D eigenvalue weighted by molar-refractivity contribution is 7.89. The fourth-order valence-electron chi connectivity index (χ4n) is 2.82. The van der Waals surface area contributed by atoms with Crippen LogP contribution in [0.4, 0.5) is 5.69 Å². The third-order valence-corrected chi connectivity index (χ3v) is 6.02. The molecule has 0 atom stereocenters. The summed E-state index contributed by atoms with van der Waals surface area (Å²) in [6.07, 6.45) is 3.37. The van der Waals surface area contributed by atoms with E-state index in [0.29, 0.717) is 18.0 Å². The van der Waals surface area contributed by atoms with Crippen molar-refractivity contribution >= 4 is 21.6 Å². The number of carbonyl (C=O) groups is 1. The molecule has 1 aromatic carbocycles. The van der Waals surface area contributed by atoms with Gasteiger partial charge >= 0.3 is 0 Å². The summed E-state index contributed by atoms with van der Waals surface area (Å²) in [4.78, 5) is 14.5. The number of carbonyl (C=O) groups excluding carboxylic acids is 1. The number of benzene rings is 1. The summed E-state index contributed by atoms with van der Waals surface area (Å²) in [5.74, 6) is 0.321. The Balaban J connectivity index is 1.78. The predicted molar refractivity (Wildman–Crippen MR) is 116 cm³/mol. The maximum atomic E-state index is 12.3. The number of nitrogens with one attached hydrogen (secondary N) is 2. The van der Waals surface area contributed by atoms with E-state index in [1.165, 1.54) is 12.1 Å². The molecule has 0 saturated carbocycles. The second-order valence-corrected chi connectivity index (χ2v) is 8.39. The molecule has 0 saturated heterocycles. The van der Waals surface area contributed by atoms with Crippen molar-refractivity contribution in [1.82, 2.24) is 19.4 Å². The second-order valence-electron chi connectivity index (χ2n) is 6.62. The van der Waals surface area contributed by atoms with Crippen LogP contribution in [-0.2, 0) is 21.4 Å². The quantitative estimate of drug-likeness (QED) is 0.496. The highest BCUT2D eigenvalue weighted by Crippen LogP contribution is 2.15. The fourth-order valence-corrected chi connectivity index (χ4v) is 3.85. The molecule has 0 aliphatic carbocycles. The van der Waals surface area contributed by atoms with Crippen LogP contribution >= 0.6 is 0 Å². The molecule has 0 spiro atoms. The third kappa shape index (κ3) is 7.43. The van der Waals surface area contributed by atoms with Crippen molar-refractivity contribution in [2.24, 2.45) is 0 Å². The van der Waals surface area contributed by atoms with Gasteiger partial charge in [-0.05, 0) is 44.3 Å². The topological polar surface area (TPSA) is 106 Å². The van der Waals surface area contributed by atoms with Crippen LogP contribution in [0.15, 0.2) is 41.6 Å². The van der Waals surface area contributed by atoms with Gasteiger partial charge in [0.1, 0.15) is 5.75 Å². The molecule has 9 nitrogen and oxygen atoms in total. The molecule has 1 aromatic heterocycles. The minimum absolute atomic E-state index is 0.00250. The zero-order chi connectivity index (χ0) is 22.0. The van der Waals surface area contributed by atoms with Gasteiger partial charge in [0.15, 0.2) is 0 Å². The van der Waals surface area contributed by atoms with E-state index >= 15 is 0 Å². The number of nitrogens with zero attached hydrogens (tertiary/aromatic N) is 3. The molecule has 166 valence electrons. The monoisotopic (exact) mass is 437 g/mol. The van der Waals surface area contributed by atoms with Crippen LogP contribution in [0, 0.1) is 0 Å². The first-order chi connectivity index (χ1) is 14.4. The Bertz CT molecular complexity index is 892. The van der Waals surface area contributed by atoms with Gasteiger partial charge in [-0.25, -0.2) is 13.1 Å². The molecular weight excluding hydrogens is 406 g/mol. The summed E-state index contributed by atoms with van der Waals surface area (Å²) in [6.45, 7) is 10.2. The molecule has 30 heavy (non-hydrogen) atoms. The minimum Gasteiger partial charge on any atom is -0.494 e. The van der Waals surface area contributed by atoms with Crippen molar-refractivity contribution < 1.29 is 17.9 Å². The molecule has 0 radical (unpaired) electrons. The Morgan fingerprint density at radius 3 is 2.50 bits per heavy atom. The third-order valence-electron chi connectivity index (χ3n) is 4.55. The maximum absolute atomic E-state index is 12.3. The van der Waals surface area contributed by atoms with Crippen molar-refractivity contribution in [3.05, 3.63) is 36.7 Å². The number of hydrogen-bond donors (Lipinski definition) is 2. The van der Waals surface area contributed by atoms with Gasteiger partial charge in [0, 0.05) is 25.7 Å². The summed E-state index contributed by atoms with van der Waals surface area (Å²) in [6, 6.07) is 6.14. The highest BCUT2D eigenvalue weighted by atomic mass is 32.2. The molecule has 2 N–H and O–H groups in total. The predicted octanol–water partition coefficient (Wildman–Crippen LogP) is 1.93. The van der Waals surface area contributed by atoms with Crippen molar-refractivity contribution in [1.29, 1.82) is 0 Å². The molecule has 2 aromatic rings. The van der Waals surface area contributed by atoms with Gasteiger partial charge < -0.3 is 15.0 Å². The number of aromatic nitrogens is 2. The van der Waals surface area contributed by atoms with Gasteiger partial charge in [-0.15, -0.1) is 0 Å². The molecule has 0 fully saturated rings. The lowest BCUT2D eigenvalue weighted by atomic mass is 10.3. The zero-order valence-corrected chi connectivity index (χ0v) is 18.6. The van der Waals surface area contributed by atoms with Crippen LogP contribution in [0.2, 0.25) is 0 Å². The number of rotatable bonds is 13. The number of likely N-dealkylation sites (N-methyl/N-ethyl adjacent to an activating group) is 1. The van der Waals surface area contributed by atoms with Gasteiger partial charge in [-0.1, -0.05) is 13.8 Å². The Morgan fingerprint density at radius 2 is 1.87 bits per heavy atom. The van der Waals surface area contributed by atoms with Crippen molar-refractivity contribution in [2.45, 2.75) is 38.6 Å². The van der Waals surface area contributed by atoms with Crippen LogP contribution in [0.25, 0.3) is 0 Å². The first-order valence-electron chi connectivity index (χ1n) is 10.1. The average molecular weight is 438 g/mol. The molecule has 0 aliphatic heterocycles. The number of ether oxygens (including phenoxy) is 1. The van der Waals surface area contributed by atoms with Crippen molar-refractivity contribution in [2.75, 3.05) is 38.1 Å². The average Bonchev–Trinajstić information content (AvgIpc) is 3.16.